The minimum atomic E-state index is -2.05. The maximum atomic E-state index is 9.93. The number of ether oxygens (including phenoxy) is 2. The molecule has 4 aromatic rings. The molecule has 1 aliphatic rings. The van der Waals surface area contributed by atoms with Crippen molar-refractivity contribution in [2.24, 2.45) is 0 Å². The third kappa shape index (κ3) is 6.35. The summed E-state index contributed by atoms with van der Waals surface area (Å²) in [7, 11) is -2.05. The van der Waals surface area contributed by atoms with E-state index in [4.69, 9.17) is 13.9 Å². The van der Waals surface area contributed by atoms with Gasteiger partial charge in [0.2, 0.25) is 0 Å². The van der Waals surface area contributed by atoms with Crippen molar-refractivity contribution in [2.45, 2.75) is 81.0 Å². The molecule has 220 valence electrons. The van der Waals surface area contributed by atoms with Crippen LogP contribution in [-0.4, -0.2) is 13.4 Å². The molecule has 42 heavy (non-hydrogen) atoms. The molecule has 1 N–H and O–H groups in total. The standard InChI is InChI=1S/C36H42O4SSi/c1-24(2)42(25(3)4,26(5)6)40-31-18-14-29(15-19-31)36-35(28-12-16-30(37)17-13-28)39-33-21-20-32(22-34(33)41-36)38-23-27-10-8-7-9-11-27/h7-22,24-26,35-37H,23H2,1-6H3/t35-,36+/m1/s1. The van der Waals surface area contributed by atoms with E-state index in [1.54, 1.807) is 23.9 Å². The second-order valence-electron chi connectivity index (χ2n) is 12.0. The summed E-state index contributed by atoms with van der Waals surface area (Å²) >= 11 is 1.79. The fraction of sp³-hybridized carbons (Fsp3) is 0.333. The maximum Gasteiger partial charge on any atom is 0.258 e. The van der Waals surface area contributed by atoms with Crippen LogP contribution in [0.2, 0.25) is 16.6 Å². The van der Waals surface area contributed by atoms with E-state index < -0.39 is 8.32 Å². The second kappa shape index (κ2) is 12.9. The molecule has 0 bridgehead atoms. The summed E-state index contributed by atoms with van der Waals surface area (Å²) in [4.78, 5) is 1.05. The molecule has 0 saturated carbocycles. The summed E-state index contributed by atoms with van der Waals surface area (Å²) in [6.07, 6.45) is -0.221. The summed E-state index contributed by atoms with van der Waals surface area (Å²) < 4.78 is 19.7. The lowest BCUT2D eigenvalue weighted by Crippen LogP contribution is -2.50. The third-order valence-corrected chi connectivity index (χ3v) is 15.7. The number of hydrogen-bond donors (Lipinski definition) is 1. The molecule has 1 heterocycles. The van der Waals surface area contributed by atoms with E-state index in [2.05, 4.69) is 84.0 Å². The smallest absolute Gasteiger partial charge is 0.258 e. The van der Waals surface area contributed by atoms with Crippen molar-refractivity contribution in [3.05, 3.63) is 114 Å². The Bertz CT molecular complexity index is 1430. The Morgan fingerprint density at radius 2 is 1.33 bits per heavy atom. The Morgan fingerprint density at radius 3 is 1.95 bits per heavy atom. The van der Waals surface area contributed by atoms with E-state index in [1.165, 1.54) is 0 Å². The van der Waals surface area contributed by atoms with Crippen LogP contribution >= 0.6 is 11.8 Å². The van der Waals surface area contributed by atoms with Gasteiger partial charge < -0.3 is 19.0 Å². The van der Waals surface area contributed by atoms with Gasteiger partial charge >= 0.3 is 0 Å². The van der Waals surface area contributed by atoms with Gasteiger partial charge in [0, 0.05) is 0 Å². The van der Waals surface area contributed by atoms with Crippen molar-refractivity contribution in [1.29, 1.82) is 0 Å². The first kappa shape index (κ1) is 30.1. The van der Waals surface area contributed by atoms with Gasteiger partial charge in [-0.25, -0.2) is 0 Å². The lowest BCUT2D eigenvalue weighted by Gasteiger charge is -2.42. The zero-order valence-electron chi connectivity index (χ0n) is 25.4. The van der Waals surface area contributed by atoms with Crippen LogP contribution in [0.25, 0.3) is 0 Å². The minimum absolute atomic E-state index is 0.00256. The van der Waals surface area contributed by atoms with Crippen LogP contribution in [0.3, 0.4) is 0 Å². The average Bonchev–Trinajstić information content (AvgIpc) is 2.99. The number of hydrogen-bond acceptors (Lipinski definition) is 5. The van der Waals surface area contributed by atoms with Crippen LogP contribution < -0.4 is 13.9 Å². The molecular weight excluding hydrogens is 557 g/mol. The molecule has 0 aromatic heterocycles. The van der Waals surface area contributed by atoms with Gasteiger partial charge in [0.05, 0.1) is 10.1 Å². The zero-order chi connectivity index (χ0) is 29.9. The van der Waals surface area contributed by atoms with Gasteiger partial charge in [-0.1, -0.05) is 96.1 Å². The second-order valence-corrected chi connectivity index (χ2v) is 18.6. The highest BCUT2D eigenvalue weighted by Crippen LogP contribution is 2.54. The fourth-order valence-electron chi connectivity index (χ4n) is 6.34. The summed E-state index contributed by atoms with van der Waals surface area (Å²) in [6, 6.07) is 32.2. The zero-order valence-corrected chi connectivity index (χ0v) is 27.2. The number of rotatable bonds is 10. The van der Waals surface area contributed by atoms with Crippen molar-refractivity contribution >= 4 is 20.1 Å². The first-order chi connectivity index (χ1) is 20.2. The summed E-state index contributed by atoms with van der Waals surface area (Å²) in [5.74, 6) is 2.84. The van der Waals surface area contributed by atoms with Crippen LogP contribution in [-0.2, 0) is 6.61 Å². The summed E-state index contributed by atoms with van der Waals surface area (Å²) in [5, 5.41) is 9.93. The highest BCUT2D eigenvalue weighted by molar-refractivity contribution is 7.99. The lowest BCUT2D eigenvalue weighted by molar-refractivity contribution is 0.190. The van der Waals surface area contributed by atoms with Crippen molar-refractivity contribution in [3.8, 4) is 23.0 Å². The highest BCUT2D eigenvalue weighted by Gasteiger charge is 2.47. The van der Waals surface area contributed by atoms with Gasteiger partial charge in [-0.15, -0.1) is 11.8 Å². The molecule has 4 nitrogen and oxygen atoms in total. The Balaban J connectivity index is 1.43. The normalized spacial score (nSPS) is 16.8. The molecule has 5 rings (SSSR count). The molecule has 0 saturated heterocycles. The number of phenols is 1. The van der Waals surface area contributed by atoms with E-state index >= 15 is 0 Å². The number of phenolic OH excluding ortho intramolecular Hbond substituents is 1. The van der Waals surface area contributed by atoms with E-state index in [1.807, 2.05) is 42.5 Å². The topological polar surface area (TPSA) is 47.9 Å². The van der Waals surface area contributed by atoms with Gasteiger partial charge in [0.1, 0.15) is 35.7 Å². The quantitative estimate of drug-likeness (QED) is 0.184. The van der Waals surface area contributed by atoms with Gasteiger partial charge in [0.15, 0.2) is 0 Å². The van der Waals surface area contributed by atoms with Gasteiger partial charge in [0.25, 0.3) is 8.32 Å². The Labute approximate surface area is 256 Å². The monoisotopic (exact) mass is 598 g/mol. The molecule has 6 heteroatoms. The molecule has 1 aliphatic heterocycles. The molecule has 4 aromatic carbocycles. The predicted molar refractivity (Wildman–Crippen MR) is 175 cm³/mol. The van der Waals surface area contributed by atoms with E-state index in [0.717, 1.165) is 38.8 Å². The number of aromatic hydroxyl groups is 1. The molecular formula is C36H42O4SSi. The van der Waals surface area contributed by atoms with Crippen molar-refractivity contribution in [2.75, 3.05) is 0 Å². The van der Waals surface area contributed by atoms with Crippen LogP contribution in [0.4, 0.5) is 0 Å². The van der Waals surface area contributed by atoms with Crippen LogP contribution in [0, 0.1) is 0 Å². The SMILES string of the molecule is CC(C)[Si](Oc1ccc([C@@H]2Sc3cc(OCc4ccccc4)ccc3O[C@@H]2c2ccc(O)cc2)cc1)(C(C)C)C(C)C. The predicted octanol–water partition coefficient (Wildman–Crippen LogP) is 10.5. The summed E-state index contributed by atoms with van der Waals surface area (Å²) in [5.41, 5.74) is 4.84. The molecule has 0 amide bonds. The van der Waals surface area contributed by atoms with Gasteiger partial charge in [-0.05, 0) is 75.8 Å². The van der Waals surface area contributed by atoms with E-state index in [0.29, 0.717) is 23.2 Å². The largest absolute Gasteiger partial charge is 0.543 e. The first-order valence-corrected chi connectivity index (χ1v) is 17.9. The minimum Gasteiger partial charge on any atom is -0.543 e. The Morgan fingerprint density at radius 1 is 0.738 bits per heavy atom. The first-order valence-electron chi connectivity index (χ1n) is 14.9. The van der Waals surface area contributed by atoms with E-state index in [9.17, 15) is 5.11 Å². The van der Waals surface area contributed by atoms with E-state index in [-0.39, 0.29) is 17.1 Å². The molecule has 0 unspecified atom stereocenters. The molecule has 0 aliphatic carbocycles. The number of fused-ring (bicyclic) bond motifs is 1. The lowest BCUT2D eigenvalue weighted by atomic mass is 10.00. The molecule has 2 atom stereocenters. The van der Waals surface area contributed by atoms with Crippen LogP contribution in [0.15, 0.2) is 102 Å². The maximum absolute atomic E-state index is 9.93. The molecule has 0 radical (unpaired) electrons. The van der Waals surface area contributed by atoms with Gasteiger partial charge in [-0.2, -0.15) is 0 Å². The molecule has 0 fully saturated rings. The van der Waals surface area contributed by atoms with Crippen molar-refractivity contribution in [3.63, 3.8) is 0 Å². The third-order valence-electron chi connectivity index (χ3n) is 8.38. The van der Waals surface area contributed by atoms with Gasteiger partial charge in [-0.3, -0.25) is 0 Å². The fourth-order valence-corrected chi connectivity index (χ4v) is 12.9. The molecule has 0 spiro atoms. The summed E-state index contributed by atoms with van der Waals surface area (Å²) in [6.45, 7) is 14.4. The number of thioether (sulfide) groups is 1. The highest BCUT2D eigenvalue weighted by atomic mass is 32.2. The van der Waals surface area contributed by atoms with Crippen molar-refractivity contribution < 1.29 is 19.0 Å². The average molecular weight is 599 g/mol. The number of benzene rings is 4. The van der Waals surface area contributed by atoms with Crippen LogP contribution in [0.1, 0.15) is 69.6 Å². The van der Waals surface area contributed by atoms with Crippen LogP contribution in [0.5, 0.6) is 23.0 Å². The Hall–Kier alpha value is -3.35. The van der Waals surface area contributed by atoms with Crippen molar-refractivity contribution in [1.82, 2.24) is 0 Å². The Kier molecular flexibility index (Phi) is 9.24.